The van der Waals surface area contributed by atoms with Crippen LogP contribution in [0.15, 0.2) is 16.9 Å². The molecule has 74 valence electrons. The van der Waals surface area contributed by atoms with Crippen LogP contribution < -0.4 is 0 Å². The number of rotatable bonds is 2. The third kappa shape index (κ3) is 2.26. The second-order valence-corrected chi connectivity index (χ2v) is 3.36. The Morgan fingerprint density at radius 2 is 2.21 bits per heavy atom. The predicted octanol–water partition coefficient (Wildman–Crippen LogP) is 0.901. The quantitative estimate of drug-likeness (QED) is 0.612. The summed E-state index contributed by atoms with van der Waals surface area (Å²) < 4.78 is 13.4. The van der Waals surface area contributed by atoms with Crippen LogP contribution in [-0.2, 0) is 0 Å². The van der Waals surface area contributed by atoms with E-state index >= 15 is 0 Å². The number of aliphatic hydroxyl groups is 2. The third-order valence-corrected chi connectivity index (χ3v) is 2.04. The molecule has 0 bridgehead atoms. The molecule has 0 aliphatic heterocycles. The van der Waals surface area contributed by atoms with Gasteiger partial charge in [-0.1, -0.05) is 0 Å². The molecule has 4 nitrogen and oxygen atoms in total. The van der Waals surface area contributed by atoms with Crippen molar-refractivity contribution in [2.45, 2.75) is 12.2 Å². The van der Waals surface area contributed by atoms with E-state index in [1.807, 2.05) is 0 Å². The van der Waals surface area contributed by atoms with Crippen molar-refractivity contribution in [2.24, 2.45) is 0 Å². The number of hydrogen-bond donors (Lipinski definition) is 2. The maximum atomic E-state index is 13.1. The minimum Gasteiger partial charge on any atom is -0.384 e. The van der Waals surface area contributed by atoms with Gasteiger partial charge < -0.3 is 10.2 Å². The van der Waals surface area contributed by atoms with Crippen LogP contribution in [0.3, 0.4) is 0 Å². The van der Waals surface area contributed by atoms with Crippen molar-refractivity contribution in [3.63, 3.8) is 0 Å². The molecule has 0 amide bonds. The van der Waals surface area contributed by atoms with Crippen LogP contribution in [0.1, 0.15) is 11.7 Å². The average molecular weight is 261 g/mol. The van der Waals surface area contributed by atoms with Crippen molar-refractivity contribution in [1.82, 2.24) is 4.98 Å². The number of pyridine rings is 1. The lowest BCUT2D eigenvalue weighted by molar-refractivity contribution is 0.0502. The fourth-order valence-corrected chi connectivity index (χ4v) is 1.24. The van der Waals surface area contributed by atoms with Gasteiger partial charge in [0.25, 0.3) is 0 Å². The molecule has 2 atom stereocenters. The van der Waals surface area contributed by atoms with Gasteiger partial charge in [-0.3, -0.25) is 0 Å². The van der Waals surface area contributed by atoms with Crippen molar-refractivity contribution in [3.05, 3.63) is 28.2 Å². The molecule has 0 saturated carbocycles. The molecule has 2 unspecified atom stereocenters. The zero-order valence-corrected chi connectivity index (χ0v) is 8.44. The van der Waals surface area contributed by atoms with Gasteiger partial charge in [-0.2, -0.15) is 5.26 Å². The van der Waals surface area contributed by atoms with Crippen molar-refractivity contribution < 1.29 is 14.6 Å². The second kappa shape index (κ2) is 4.46. The summed E-state index contributed by atoms with van der Waals surface area (Å²) >= 11 is 2.98. The second-order valence-electron chi connectivity index (χ2n) is 2.55. The van der Waals surface area contributed by atoms with E-state index in [4.69, 9.17) is 10.4 Å². The Balaban J connectivity index is 3.07. The van der Waals surface area contributed by atoms with Gasteiger partial charge >= 0.3 is 0 Å². The van der Waals surface area contributed by atoms with Gasteiger partial charge in [0.2, 0.25) is 0 Å². The fourth-order valence-electron chi connectivity index (χ4n) is 0.895. The summed E-state index contributed by atoms with van der Waals surface area (Å²) in [5, 5.41) is 26.6. The summed E-state index contributed by atoms with van der Waals surface area (Å²) in [6.07, 6.45) is -2.33. The van der Waals surface area contributed by atoms with E-state index < -0.39 is 18.0 Å². The smallest absolute Gasteiger partial charge is 0.170 e. The predicted molar refractivity (Wildman–Crippen MR) is 48.5 cm³/mol. The molecule has 0 fully saturated rings. The monoisotopic (exact) mass is 260 g/mol. The molecular formula is C8H6BrFN2O2. The van der Waals surface area contributed by atoms with E-state index in [1.165, 1.54) is 12.1 Å². The van der Waals surface area contributed by atoms with Crippen LogP contribution in [0.2, 0.25) is 0 Å². The highest BCUT2D eigenvalue weighted by Gasteiger charge is 2.21. The Morgan fingerprint density at radius 1 is 1.57 bits per heavy atom. The Kier molecular flexibility index (Phi) is 3.52. The van der Waals surface area contributed by atoms with Crippen molar-refractivity contribution in [3.8, 4) is 6.07 Å². The maximum Gasteiger partial charge on any atom is 0.170 e. The van der Waals surface area contributed by atoms with Crippen LogP contribution in [0, 0.1) is 17.1 Å². The van der Waals surface area contributed by atoms with Crippen molar-refractivity contribution in [1.29, 1.82) is 5.26 Å². The van der Waals surface area contributed by atoms with Gasteiger partial charge in [-0.25, -0.2) is 9.37 Å². The number of nitriles is 1. The van der Waals surface area contributed by atoms with Crippen LogP contribution in [0.4, 0.5) is 4.39 Å². The van der Waals surface area contributed by atoms with Gasteiger partial charge in [0.05, 0.1) is 12.3 Å². The summed E-state index contributed by atoms with van der Waals surface area (Å²) in [5.74, 6) is -0.769. The molecule has 1 rings (SSSR count). The summed E-state index contributed by atoms with van der Waals surface area (Å²) in [4.78, 5) is 3.57. The first-order chi connectivity index (χ1) is 6.56. The zero-order valence-electron chi connectivity index (χ0n) is 6.85. The summed E-state index contributed by atoms with van der Waals surface area (Å²) in [6.45, 7) is 0. The molecule has 1 aromatic heterocycles. The number of aliphatic hydroxyl groups excluding tert-OH is 2. The van der Waals surface area contributed by atoms with Crippen molar-refractivity contribution >= 4 is 15.9 Å². The lowest BCUT2D eigenvalue weighted by atomic mass is 10.1. The first kappa shape index (κ1) is 11.0. The Morgan fingerprint density at radius 3 is 2.79 bits per heavy atom. The molecule has 0 spiro atoms. The lowest BCUT2D eigenvalue weighted by Gasteiger charge is -2.12. The Hall–Kier alpha value is -1.03. The highest BCUT2D eigenvalue weighted by molar-refractivity contribution is 9.10. The normalized spacial score (nSPS) is 14.5. The van der Waals surface area contributed by atoms with Gasteiger partial charge in [0, 0.05) is 5.56 Å². The van der Waals surface area contributed by atoms with Crippen LogP contribution in [0.5, 0.6) is 0 Å². The van der Waals surface area contributed by atoms with E-state index in [1.54, 1.807) is 0 Å². The molecule has 1 heterocycles. The van der Waals surface area contributed by atoms with Crippen molar-refractivity contribution in [2.75, 3.05) is 0 Å². The Bertz CT molecular complexity index is 380. The van der Waals surface area contributed by atoms with Gasteiger partial charge in [-0.15, -0.1) is 0 Å². The molecule has 0 saturated heterocycles. The number of hydrogen-bond acceptors (Lipinski definition) is 4. The molecule has 1 aromatic rings. The van der Waals surface area contributed by atoms with Gasteiger partial charge in [0.1, 0.15) is 16.5 Å². The van der Waals surface area contributed by atoms with E-state index in [2.05, 4.69) is 20.9 Å². The minimum absolute atomic E-state index is 0.166. The van der Waals surface area contributed by atoms with E-state index in [-0.39, 0.29) is 5.56 Å². The molecule has 0 aromatic carbocycles. The van der Waals surface area contributed by atoms with E-state index in [0.29, 0.717) is 4.60 Å². The topological polar surface area (TPSA) is 77.1 Å². The maximum absolute atomic E-state index is 13.1. The summed E-state index contributed by atoms with van der Waals surface area (Å²) in [7, 11) is 0. The molecule has 0 radical (unpaired) electrons. The van der Waals surface area contributed by atoms with Crippen LogP contribution in [0.25, 0.3) is 0 Å². The largest absolute Gasteiger partial charge is 0.384 e. The van der Waals surface area contributed by atoms with E-state index in [9.17, 15) is 9.50 Å². The van der Waals surface area contributed by atoms with Gasteiger partial charge in [0.15, 0.2) is 6.10 Å². The summed E-state index contributed by atoms with van der Waals surface area (Å²) in [5.41, 5.74) is -0.166. The third-order valence-electron chi connectivity index (χ3n) is 1.60. The minimum atomic E-state index is -1.65. The highest BCUT2D eigenvalue weighted by Crippen LogP contribution is 2.22. The first-order valence-electron chi connectivity index (χ1n) is 3.63. The number of aromatic nitrogens is 1. The molecule has 0 aliphatic carbocycles. The molecular weight excluding hydrogens is 255 g/mol. The van der Waals surface area contributed by atoms with Gasteiger partial charge in [-0.05, 0) is 22.0 Å². The van der Waals surface area contributed by atoms with Crippen LogP contribution in [-0.4, -0.2) is 21.3 Å². The fraction of sp³-hybridized carbons (Fsp3) is 0.250. The first-order valence-corrected chi connectivity index (χ1v) is 4.42. The standard InChI is InChI=1S/C8H6BrFN2O2/c9-7-1-4(5(10)3-12-7)8(14)6(13)2-11/h1,3,6,8,13-14H. The summed E-state index contributed by atoms with van der Waals surface area (Å²) in [6, 6.07) is 2.62. The zero-order chi connectivity index (χ0) is 10.7. The molecule has 2 N–H and O–H groups in total. The molecule has 6 heteroatoms. The SMILES string of the molecule is N#CC(O)C(O)c1cc(Br)ncc1F. The highest BCUT2D eigenvalue weighted by atomic mass is 79.9. The molecule has 14 heavy (non-hydrogen) atoms. The van der Waals surface area contributed by atoms with E-state index in [0.717, 1.165) is 6.20 Å². The lowest BCUT2D eigenvalue weighted by Crippen LogP contribution is -2.17. The number of nitrogens with zero attached hydrogens (tertiary/aromatic N) is 2. The molecule has 0 aliphatic rings. The Labute approximate surface area is 87.8 Å². The number of halogens is 2. The van der Waals surface area contributed by atoms with Crippen LogP contribution >= 0.6 is 15.9 Å². The average Bonchev–Trinajstić information content (AvgIpc) is 2.19.